The lowest BCUT2D eigenvalue weighted by Gasteiger charge is -2.35. The highest BCUT2D eigenvalue weighted by molar-refractivity contribution is 5.67. The summed E-state index contributed by atoms with van der Waals surface area (Å²) in [6.45, 7) is 11.7. The average Bonchev–Trinajstić information content (AvgIpc) is 2.33. The zero-order valence-corrected chi connectivity index (χ0v) is 13.8. The number of ether oxygens (including phenoxy) is 1. The minimum Gasteiger partial charge on any atom is -0.444 e. The largest absolute Gasteiger partial charge is 0.444 e. The minimum atomic E-state index is -0.434. The zero-order valence-electron chi connectivity index (χ0n) is 13.8. The molecule has 2 N–H and O–H groups in total. The molecule has 1 atom stereocenters. The SMILES string of the molecule is CC(CNC(=O)OC(C)(C)C)NCC1(C)CCCCC1. The maximum atomic E-state index is 11.6. The number of hydrogen-bond donors (Lipinski definition) is 2. The standard InChI is InChI=1S/C16H32N2O2/c1-13(11-17-14(19)20-15(2,3)4)18-12-16(5)9-7-6-8-10-16/h13,18H,6-12H2,1-5H3,(H,17,19). The van der Waals surface area contributed by atoms with Gasteiger partial charge in [-0.3, -0.25) is 0 Å². The highest BCUT2D eigenvalue weighted by atomic mass is 16.6. The molecule has 118 valence electrons. The Hall–Kier alpha value is -0.770. The quantitative estimate of drug-likeness (QED) is 0.813. The molecular weight excluding hydrogens is 252 g/mol. The van der Waals surface area contributed by atoms with Crippen molar-refractivity contribution in [2.45, 2.75) is 78.4 Å². The van der Waals surface area contributed by atoms with Crippen LogP contribution in [-0.4, -0.2) is 30.8 Å². The van der Waals surface area contributed by atoms with Crippen LogP contribution in [0.15, 0.2) is 0 Å². The van der Waals surface area contributed by atoms with Gasteiger partial charge in [-0.1, -0.05) is 26.2 Å². The third-order valence-corrected chi connectivity index (χ3v) is 3.89. The molecule has 1 fully saturated rings. The normalized spacial score (nSPS) is 20.2. The first-order valence-electron chi connectivity index (χ1n) is 7.90. The van der Waals surface area contributed by atoms with Gasteiger partial charge in [0, 0.05) is 19.1 Å². The Kier molecular flexibility index (Phi) is 6.31. The summed E-state index contributed by atoms with van der Waals surface area (Å²) in [4.78, 5) is 11.6. The van der Waals surface area contributed by atoms with E-state index in [1.165, 1.54) is 32.1 Å². The van der Waals surface area contributed by atoms with Gasteiger partial charge >= 0.3 is 6.09 Å². The van der Waals surface area contributed by atoms with E-state index in [1.54, 1.807) is 0 Å². The second-order valence-electron chi connectivity index (χ2n) is 7.54. The van der Waals surface area contributed by atoms with Crippen LogP contribution in [0.5, 0.6) is 0 Å². The molecule has 1 unspecified atom stereocenters. The maximum Gasteiger partial charge on any atom is 0.407 e. The molecule has 20 heavy (non-hydrogen) atoms. The summed E-state index contributed by atoms with van der Waals surface area (Å²) in [6, 6.07) is 0.265. The Morgan fingerprint density at radius 3 is 2.40 bits per heavy atom. The Morgan fingerprint density at radius 1 is 1.25 bits per heavy atom. The van der Waals surface area contributed by atoms with Crippen molar-refractivity contribution in [3.05, 3.63) is 0 Å². The summed E-state index contributed by atoms with van der Waals surface area (Å²) in [5, 5.41) is 6.36. The number of nitrogens with one attached hydrogen (secondary N) is 2. The fourth-order valence-corrected chi connectivity index (χ4v) is 2.63. The van der Waals surface area contributed by atoms with Crippen LogP contribution in [0, 0.1) is 5.41 Å². The molecule has 0 aromatic rings. The van der Waals surface area contributed by atoms with E-state index in [1.807, 2.05) is 20.8 Å². The smallest absolute Gasteiger partial charge is 0.407 e. The van der Waals surface area contributed by atoms with Crippen molar-refractivity contribution < 1.29 is 9.53 Å². The molecule has 1 aliphatic rings. The number of carbonyl (C=O) groups excluding carboxylic acids is 1. The number of carbonyl (C=O) groups is 1. The van der Waals surface area contributed by atoms with Gasteiger partial charge in [-0.2, -0.15) is 0 Å². The first kappa shape index (κ1) is 17.3. The van der Waals surface area contributed by atoms with Gasteiger partial charge in [0.25, 0.3) is 0 Å². The fraction of sp³-hybridized carbons (Fsp3) is 0.938. The summed E-state index contributed by atoms with van der Waals surface area (Å²) < 4.78 is 5.22. The molecule has 0 aliphatic heterocycles. The van der Waals surface area contributed by atoms with Gasteiger partial charge in [0.2, 0.25) is 0 Å². The van der Waals surface area contributed by atoms with E-state index in [9.17, 15) is 4.79 Å². The number of alkyl carbamates (subject to hydrolysis) is 1. The highest BCUT2D eigenvalue weighted by Gasteiger charge is 2.26. The first-order chi connectivity index (χ1) is 9.20. The van der Waals surface area contributed by atoms with Crippen LogP contribution in [0.3, 0.4) is 0 Å². The van der Waals surface area contributed by atoms with Crippen LogP contribution >= 0.6 is 0 Å². The topological polar surface area (TPSA) is 50.4 Å². The van der Waals surface area contributed by atoms with Gasteiger partial charge in [0.15, 0.2) is 0 Å². The van der Waals surface area contributed by atoms with Gasteiger partial charge in [-0.05, 0) is 46.0 Å². The van der Waals surface area contributed by atoms with Crippen molar-refractivity contribution in [2.24, 2.45) is 5.41 Å². The van der Waals surface area contributed by atoms with Crippen LogP contribution in [0.25, 0.3) is 0 Å². The molecule has 0 aromatic carbocycles. The van der Waals surface area contributed by atoms with Crippen LogP contribution in [0.4, 0.5) is 4.79 Å². The third kappa shape index (κ3) is 7.13. The highest BCUT2D eigenvalue weighted by Crippen LogP contribution is 2.34. The summed E-state index contributed by atoms with van der Waals surface area (Å²) in [7, 11) is 0. The van der Waals surface area contributed by atoms with E-state index < -0.39 is 5.60 Å². The third-order valence-electron chi connectivity index (χ3n) is 3.89. The van der Waals surface area contributed by atoms with Crippen molar-refractivity contribution in [3.8, 4) is 0 Å². The van der Waals surface area contributed by atoms with E-state index in [2.05, 4.69) is 24.5 Å². The van der Waals surface area contributed by atoms with Gasteiger partial charge in [-0.15, -0.1) is 0 Å². The van der Waals surface area contributed by atoms with Gasteiger partial charge in [-0.25, -0.2) is 4.79 Å². The molecule has 4 nitrogen and oxygen atoms in total. The summed E-state index contributed by atoms with van der Waals surface area (Å²) in [6.07, 6.45) is 6.37. The summed E-state index contributed by atoms with van der Waals surface area (Å²) >= 11 is 0. The molecule has 0 heterocycles. The molecule has 1 aliphatic carbocycles. The van der Waals surface area contributed by atoms with Crippen LogP contribution in [-0.2, 0) is 4.74 Å². The van der Waals surface area contributed by atoms with Crippen LogP contribution < -0.4 is 10.6 Å². The van der Waals surface area contributed by atoms with Crippen molar-refractivity contribution in [3.63, 3.8) is 0 Å². The van der Waals surface area contributed by atoms with Crippen LogP contribution in [0.2, 0.25) is 0 Å². The molecule has 0 aromatic heterocycles. The molecule has 1 rings (SSSR count). The van der Waals surface area contributed by atoms with Gasteiger partial charge in [0.05, 0.1) is 0 Å². The Bertz CT molecular complexity index is 304. The lowest BCUT2D eigenvalue weighted by atomic mass is 9.75. The van der Waals surface area contributed by atoms with Crippen molar-refractivity contribution in [2.75, 3.05) is 13.1 Å². The number of hydrogen-bond acceptors (Lipinski definition) is 3. The summed E-state index contributed by atoms with van der Waals surface area (Å²) in [5.74, 6) is 0. The molecule has 0 radical (unpaired) electrons. The van der Waals surface area contributed by atoms with E-state index in [0.717, 1.165) is 6.54 Å². The maximum absolute atomic E-state index is 11.6. The minimum absolute atomic E-state index is 0.265. The molecule has 0 bridgehead atoms. The van der Waals surface area contributed by atoms with Crippen LogP contribution in [0.1, 0.15) is 66.7 Å². The second-order valence-corrected chi connectivity index (χ2v) is 7.54. The molecule has 1 amide bonds. The van der Waals surface area contributed by atoms with E-state index >= 15 is 0 Å². The molecule has 0 saturated heterocycles. The Labute approximate surface area is 124 Å². The zero-order chi connectivity index (χ0) is 15.2. The van der Waals surface area contributed by atoms with E-state index in [4.69, 9.17) is 4.74 Å². The van der Waals surface area contributed by atoms with E-state index in [-0.39, 0.29) is 12.1 Å². The Morgan fingerprint density at radius 2 is 1.85 bits per heavy atom. The lowest BCUT2D eigenvalue weighted by Crippen LogP contribution is -2.44. The number of rotatable bonds is 5. The lowest BCUT2D eigenvalue weighted by molar-refractivity contribution is 0.0522. The van der Waals surface area contributed by atoms with Gasteiger partial charge < -0.3 is 15.4 Å². The van der Waals surface area contributed by atoms with Crippen molar-refractivity contribution in [1.82, 2.24) is 10.6 Å². The molecule has 0 spiro atoms. The van der Waals surface area contributed by atoms with Gasteiger partial charge in [0.1, 0.15) is 5.60 Å². The number of amides is 1. The van der Waals surface area contributed by atoms with E-state index in [0.29, 0.717) is 12.0 Å². The molecule has 4 heteroatoms. The first-order valence-corrected chi connectivity index (χ1v) is 7.90. The fourth-order valence-electron chi connectivity index (χ4n) is 2.63. The van der Waals surface area contributed by atoms with Crippen molar-refractivity contribution in [1.29, 1.82) is 0 Å². The predicted molar refractivity (Wildman–Crippen MR) is 82.9 cm³/mol. The molecular formula is C16H32N2O2. The Balaban J connectivity index is 2.20. The summed E-state index contributed by atoms with van der Waals surface area (Å²) in [5.41, 5.74) is -0.00521. The monoisotopic (exact) mass is 284 g/mol. The molecule has 1 saturated carbocycles. The second kappa shape index (κ2) is 7.30. The predicted octanol–water partition coefficient (Wildman–Crippen LogP) is 3.46. The van der Waals surface area contributed by atoms with Crippen molar-refractivity contribution >= 4 is 6.09 Å². The average molecular weight is 284 g/mol.